The molecule has 0 amide bonds. The molecule has 2 fully saturated rings. The molecule has 1 N–H and O–H groups in total. The second-order valence-corrected chi connectivity index (χ2v) is 3.84. The predicted molar refractivity (Wildman–Crippen MR) is 46.6 cm³/mol. The van der Waals surface area contributed by atoms with Gasteiger partial charge < -0.3 is 5.32 Å². The number of likely N-dealkylation sites (N-methyl/N-ethyl adjacent to an activating group) is 1. The minimum absolute atomic E-state index is 0.810. The maximum absolute atomic E-state index is 3.57. The maximum atomic E-state index is 3.57. The lowest BCUT2D eigenvalue weighted by molar-refractivity contribution is 0.250. The van der Waals surface area contributed by atoms with E-state index in [1.807, 2.05) is 0 Å². The van der Waals surface area contributed by atoms with E-state index in [-0.39, 0.29) is 0 Å². The molecular weight excluding hydrogens is 136 g/mol. The summed E-state index contributed by atoms with van der Waals surface area (Å²) in [6.45, 7) is 8.38. The van der Waals surface area contributed by atoms with Gasteiger partial charge >= 0.3 is 0 Å². The van der Waals surface area contributed by atoms with Crippen LogP contribution in [0, 0.1) is 5.92 Å². The van der Waals surface area contributed by atoms with Gasteiger partial charge in [0, 0.05) is 18.6 Å². The van der Waals surface area contributed by atoms with Crippen LogP contribution in [0.15, 0.2) is 0 Å². The van der Waals surface area contributed by atoms with Crippen molar-refractivity contribution in [1.82, 2.24) is 10.2 Å². The number of nitrogens with zero attached hydrogens (tertiary/aromatic N) is 1. The van der Waals surface area contributed by atoms with E-state index in [1.165, 1.54) is 26.1 Å². The molecule has 2 heterocycles. The van der Waals surface area contributed by atoms with Gasteiger partial charge in [-0.3, -0.25) is 4.90 Å². The van der Waals surface area contributed by atoms with Crippen LogP contribution in [0.25, 0.3) is 0 Å². The minimum Gasteiger partial charge on any atom is -0.312 e. The molecule has 2 saturated heterocycles. The SMILES string of the molecule is CCN1CC2NCCC2C1C. The van der Waals surface area contributed by atoms with Crippen molar-refractivity contribution in [1.29, 1.82) is 0 Å². The smallest absolute Gasteiger partial charge is 0.0238 e. The molecule has 2 aliphatic heterocycles. The predicted octanol–water partition coefficient (Wildman–Crippen LogP) is 0.689. The highest BCUT2D eigenvalue weighted by molar-refractivity contribution is 4.98. The Morgan fingerprint density at radius 1 is 1.55 bits per heavy atom. The first-order chi connectivity index (χ1) is 5.33. The van der Waals surface area contributed by atoms with Gasteiger partial charge in [-0.15, -0.1) is 0 Å². The first-order valence-corrected chi connectivity index (χ1v) is 4.80. The Bertz CT molecular complexity index is 146. The van der Waals surface area contributed by atoms with Crippen LogP contribution in [-0.2, 0) is 0 Å². The molecule has 0 spiro atoms. The van der Waals surface area contributed by atoms with E-state index in [0.29, 0.717) is 0 Å². The van der Waals surface area contributed by atoms with Gasteiger partial charge in [-0.05, 0) is 32.4 Å². The molecule has 2 aliphatic rings. The van der Waals surface area contributed by atoms with Gasteiger partial charge in [-0.2, -0.15) is 0 Å². The molecule has 11 heavy (non-hydrogen) atoms. The zero-order valence-corrected chi connectivity index (χ0v) is 7.51. The van der Waals surface area contributed by atoms with Crippen molar-refractivity contribution in [2.75, 3.05) is 19.6 Å². The van der Waals surface area contributed by atoms with Gasteiger partial charge in [-0.25, -0.2) is 0 Å². The highest BCUT2D eigenvalue weighted by Gasteiger charge is 2.40. The summed E-state index contributed by atoms with van der Waals surface area (Å²) in [6, 6.07) is 1.63. The molecule has 0 aromatic heterocycles. The van der Waals surface area contributed by atoms with Crippen LogP contribution < -0.4 is 5.32 Å². The lowest BCUT2D eigenvalue weighted by atomic mass is 9.98. The molecule has 64 valence electrons. The quantitative estimate of drug-likeness (QED) is 0.598. The van der Waals surface area contributed by atoms with E-state index >= 15 is 0 Å². The third-order valence-corrected chi connectivity index (χ3v) is 3.43. The number of rotatable bonds is 1. The van der Waals surface area contributed by atoms with E-state index in [9.17, 15) is 0 Å². The first-order valence-electron chi connectivity index (χ1n) is 4.80. The van der Waals surface area contributed by atoms with Gasteiger partial charge in [0.25, 0.3) is 0 Å². The fourth-order valence-electron chi connectivity index (χ4n) is 2.67. The summed E-state index contributed by atoms with van der Waals surface area (Å²) in [5.41, 5.74) is 0. The normalized spacial score (nSPS) is 44.7. The Labute approximate surface area is 69.0 Å². The van der Waals surface area contributed by atoms with Gasteiger partial charge in [0.1, 0.15) is 0 Å². The van der Waals surface area contributed by atoms with Gasteiger partial charge in [0.2, 0.25) is 0 Å². The topological polar surface area (TPSA) is 15.3 Å². The van der Waals surface area contributed by atoms with Crippen LogP contribution >= 0.6 is 0 Å². The number of likely N-dealkylation sites (tertiary alicyclic amines) is 1. The Kier molecular flexibility index (Phi) is 1.90. The van der Waals surface area contributed by atoms with Crippen molar-refractivity contribution in [3.8, 4) is 0 Å². The molecule has 2 rings (SSSR count). The molecule has 0 radical (unpaired) electrons. The fraction of sp³-hybridized carbons (Fsp3) is 1.00. The Morgan fingerprint density at radius 3 is 3.00 bits per heavy atom. The summed E-state index contributed by atoms with van der Waals surface area (Å²) < 4.78 is 0. The van der Waals surface area contributed by atoms with Crippen LogP contribution in [0.2, 0.25) is 0 Å². The summed E-state index contributed by atoms with van der Waals surface area (Å²) in [7, 11) is 0. The Hall–Kier alpha value is -0.0800. The largest absolute Gasteiger partial charge is 0.312 e. The van der Waals surface area contributed by atoms with Crippen LogP contribution in [0.5, 0.6) is 0 Å². The second-order valence-electron chi connectivity index (χ2n) is 3.84. The van der Waals surface area contributed by atoms with Gasteiger partial charge in [-0.1, -0.05) is 6.92 Å². The van der Waals surface area contributed by atoms with E-state index in [1.54, 1.807) is 0 Å². The zero-order chi connectivity index (χ0) is 7.84. The van der Waals surface area contributed by atoms with Crippen molar-refractivity contribution in [3.63, 3.8) is 0 Å². The summed E-state index contributed by atoms with van der Waals surface area (Å²) >= 11 is 0. The molecule has 0 aromatic carbocycles. The summed E-state index contributed by atoms with van der Waals surface area (Å²) in [6.07, 6.45) is 1.39. The van der Waals surface area contributed by atoms with Crippen molar-refractivity contribution < 1.29 is 0 Å². The van der Waals surface area contributed by atoms with Crippen molar-refractivity contribution >= 4 is 0 Å². The molecule has 0 saturated carbocycles. The number of hydrogen-bond acceptors (Lipinski definition) is 2. The Morgan fingerprint density at radius 2 is 2.36 bits per heavy atom. The molecule has 2 nitrogen and oxygen atoms in total. The third-order valence-electron chi connectivity index (χ3n) is 3.43. The van der Waals surface area contributed by atoms with Crippen molar-refractivity contribution in [2.24, 2.45) is 5.92 Å². The molecule has 0 bridgehead atoms. The van der Waals surface area contributed by atoms with Gasteiger partial charge in [0.15, 0.2) is 0 Å². The average Bonchev–Trinajstić information content (AvgIpc) is 2.53. The van der Waals surface area contributed by atoms with Crippen molar-refractivity contribution in [3.05, 3.63) is 0 Å². The van der Waals surface area contributed by atoms with Gasteiger partial charge in [0.05, 0.1) is 0 Å². The summed E-state index contributed by atoms with van der Waals surface area (Å²) in [4.78, 5) is 2.58. The highest BCUT2D eigenvalue weighted by atomic mass is 15.2. The zero-order valence-electron chi connectivity index (χ0n) is 7.51. The van der Waals surface area contributed by atoms with Crippen molar-refractivity contribution in [2.45, 2.75) is 32.4 Å². The fourth-order valence-corrected chi connectivity index (χ4v) is 2.67. The van der Waals surface area contributed by atoms with E-state index < -0.39 is 0 Å². The first kappa shape index (κ1) is 7.56. The maximum Gasteiger partial charge on any atom is 0.0238 e. The van der Waals surface area contributed by atoms with Crippen LogP contribution in [-0.4, -0.2) is 36.6 Å². The minimum atomic E-state index is 0.810. The second kappa shape index (κ2) is 2.76. The molecule has 0 aliphatic carbocycles. The Balaban J connectivity index is 2.04. The van der Waals surface area contributed by atoms with Crippen LogP contribution in [0.4, 0.5) is 0 Å². The van der Waals surface area contributed by atoms with Crippen LogP contribution in [0.1, 0.15) is 20.3 Å². The molecule has 0 aromatic rings. The monoisotopic (exact) mass is 154 g/mol. The number of fused-ring (bicyclic) bond motifs is 1. The third kappa shape index (κ3) is 1.09. The van der Waals surface area contributed by atoms with E-state index in [2.05, 4.69) is 24.1 Å². The van der Waals surface area contributed by atoms with E-state index in [4.69, 9.17) is 0 Å². The number of nitrogens with one attached hydrogen (secondary N) is 1. The van der Waals surface area contributed by atoms with E-state index in [0.717, 1.165) is 18.0 Å². The standard InChI is InChI=1S/C9H18N2/c1-3-11-6-9-8(7(11)2)4-5-10-9/h7-10H,3-6H2,1-2H3. The average molecular weight is 154 g/mol. The lowest BCUT2D eigenvalue weighted by Gasteiger charge is -2.21. The summed E-state index contributed by atoms with van der Waals surface area (Å²) in [5.74, 6) is 0.940. The molecule has 3 atom stereocenters. The lowest BCUT2D eigenvalue weighted by Crippen LogP contribution is -2.31. The molecule has 3 unspecified atom stereocenters. The summed E-state index contributed by atoms with van der Waals surface area (Å²) in [5, 5.41) is 3.57. The molecular formula is C9H18N2. The van der Waals surface area contributed by atoms with Crippen LogP contribution in [0.3, 0.4) is 0 Å². The highest BCUT2D eigenvalue weighted by Crippen LogP contribution is 2.30. The number of hydrogen-bond donors (Lipinski definition) is 1. The molecule has 2 heteroatoms.